The van der Waals surface area contributed by atoms with Gasteiger partial charge in [0, 0.05) is 25.8 Å². The Bertz CT molecular complexity index is 696. The molecule has 2 aliphatic rings. The monoisotopic (exact) mass is 539 g/mol. The molecular weight excluding hydrogens is 498 g/mol. The van der Waals surface area contributed by atoms with Gasteiger partial charge < -0.3 is 60.0 Å². The van der Waals surface area contributed by atoms with Gasteiger partial charge in [0.15, 0.2) is 12.6 Å². The van der Waals surface area contributed by atoms with Crippen LogP contribution in [0.5, 0.6) is 0 Å². The largest absolute Gasteiger partial charge is 0.394 e. The first-order valence-electron chi connectivity index (χ1n) is 12.6. The highest BCUT2D eigenvalue weighted by molar-refractivity contribution is 5.78. The fourth-order valence-electron chi connectivity index (χ4n) is 4.15. The van der Waals surface area contributed by atoms with Crippen LogP contribution < -0.4 is 5.32 Å². The van der Waals surface area contributed by atoms with Crippen LogP contribution in [-0.4, -0.2) is 135 Å². The lowest BCUT2D eigenvalue weighted by atomic mass is 9.97. The number of unbranched alkanes of at least 4 members (excludes halogenated alkanes) is 1. The molecule has 216 valence electrons. The molecule has 2 saturated heterocycles. The van der Waals surface area contributed by atoms with Crippen molar-refractivity contribution in [2.24, 2.45) is 0 Å². The number of rotatable bonds is 15. The Kier molecular flexibility index (Phi) is 13.8. The topological polar surface area (TPSA) is 225 Å². The lowest BCUT2D eigenvalue weighted by Crippen LogP contribution is -2.64. The first-order valence-corrected chi connectivity index (χ1v) is 12.6. The van der Waals surface area contributed by atoms with E-state index in [2.05, 4.69) is 5.32 Å². The molecule has 14 nitrogen and oxygen atoms in total. The van der Waals surface area contributed by atoms with Gasteiger partial charge in [-0.3, -0.25) is 9.59 Å². The Balaban J connectivity index is 1.83. The van der Waals surface area contributed by atoms with Crippen molar-refractivity contribution in [3.8, 4) is 0 Å². The second-order valence-electron chi connectivity index (χ2n) is 9.22. The second kappa shape index (κ2) is 16.0. The van der Waals surface area contributed by atoms with E-state index >= 15 is 0 Å². The summed E-state index contributed by atoms with van der Waals surface area (Å²) in [5.41, 5.74) is 0. The zero-order valence-corrected chi connectivity index (χ0v) is 20.9. The lowest BCUT2D eigenvalue weighted by molar-refractivity contribution is -0.360. The zero-order chi connectivity index (χ0) is 27.5. The maximum atomic E-state index is 12.0. The third-order valence-electron chi connectivity index (χ3n) is 6.31. The molecule has 37 heavy (non-hydrogen) atoms. The number of amides is 1. The average Bonchev–Trinajstić information content (AvgIpc) is 2.88. The van der Waals surface area contributed by atoms with Crippen LogP contribution in [0.4, 0.5) is 0 Å². The van der Waals surface area contributed by atoms with Crippen molar-refractivity contribution in [2.75, 3.05) is 26.4 Å². The molecule has 2 rings (SSSR count). The number of carbonyl (C=O) groups is 2. The van der Waals surface area contributed by atoms with Crippen molar-refractivity contribution < 1.29 is 64.3 Å². The minimum absolute atomic E-state index is 0.0742. The molecule has 0 aliphatic carbocycles. The van der Waals surface area contributed by atoms with Gasteiger partial charge in [0.2, 0.25) is 5.91 Å². The predicted molar refractivity (Wildman–Crippen MR) is 124 cm³/mol. The van der Waals surface area contributed by atoms with E-state index < -0.39 is 74.6 Å². The molecule has 0 unspecified atom stereocenters. The maximum Gasteiger partial charge on any atom is 0.220 e. The van der Waals surface area contributed by atoms with Gasteiger partial charge in [-0.15, -0.1) is 0 Å². The van der Waals surface area contributed by atoms with E-state index in [-0.39, 0.29) is 31.3 Å². The maximum absolute atomic E-state index is 12.0. The molecule has 14 heteroatoms. The smallest absolute Gasteiger partial charge is 0.220 e. The predicted octanol–water partition coefficient (Wildman–Crippen LogP) is -3.33. The fraction of sp³-hybridized carbons (Fsp3) is 0.913. The van der Waals surface area contributed by atoms with E-state index in [1.54, 1.807) is 0 Å². The molecule has 2 heterocycles. The highest BCUT2D eigenvalue weighted by Gasteiger charge is 2.50. The average molecular weight is 540 g/mol. The first kappa shape index (κ1) is 31.9. The van der Waals surface area contributed by atoms with Gasteiger partial charge in [-0.05, 0) is 19.3 Å². The van der Waals surface area contributed by atoms with Crippen LogP contribution in [0.1, 0.15) is 45.4 Å². The van der Waals surface area contributed by atoms with Gasteiger partial charge in [0.25, 0.3) is 0 Å². The molecule has 8 N–H and O–H groups in total. The van der Waals surface area contributed by atoms with Crippen molar-refractivity contribution in [1.82, 2.24) is 5.32 Å². The minimum atomic E-state index is -1.77. The van der Waals surface area contributed by atoms with Gasteiger partial charge >= 0.3 is 0 Å². The Morgan fingerprint density at radius 2 is 1.41 bits per heavy atom. The van der Waals surface area contributed by atoms with Gasteiger partial charge in [-0.2, -0.15) is 0 Å². The number of hydrogen-bond acceptors (Lipinski definition) is 13. The van der Waals surface area contributed by atoms with Crippen LogP contribution in [0.15, 0.2) is 0 Å². The third kappa shape index (κ3) is 9.14. The summed E-state index contributed by atoms with van der Waals surface area (Å²) in [5, 5.41) is 72.7. The number of ether oxygens (including phenoxy) is 4. The van der Waals surface area contributed by atoms with E-state index in [9.17, 15) is 45.3 Å². The van der Waals surface area contributed by atoms with Gasteiger partial charge in [0.05, 0.1) is 19.8 Å². The highest BCUT2D eigenvalue weighted by atomic mass is 16.7. The van der Waals surface area contributed by atoms with E-state index in [4.69, 9.17) is 18.9 Å². The van der Waals surface area contributed by atoms with Crippen LogP contribution in [0, 0.1) is 0 Å². The highest BCUT2D eigenvalue weighted by Crippen LogP contribution is 2.29. The Labute approximate surface area is 215 Å². The second-order valence-corrected chi connectivity index (χ2v) is 9.22. The Hall–Kier alpha value is -1.30. The van der Waals surface area contributed by atoms with E-state index in [0.717, 1.165) is 6.42 Å². The molecule has 2 aliphatic heterocycles. The molecule has 0 aromatic carbocycles. The summed E-state index contributed by atoms with van der Waals surface area (Å²) in [5.74, 6) is -0.0494. The normalized spacial score (nSPS) is 36.3. The van der Waals surface area contributed by atoms with E-state index in [1.165, 1.54) is 0 Å². The van der Waals surface area contributed by atoms with Gasteiger partial charge in [-0.1, -0.05) is 6.92 Å². The summed E-state index contributed by atoms with van der Waals surface area (Å²) in [6, 6.07) is 0. The zero-order valence-electron chi connectivity index (χ0n) is 20.9. The minimum Gasteiger partial charge on any atom is -0.394 e. The molecule has 10 atom stereocenters. The number of aliphatic hydroxyl groups excluding tert-OH is 7. The molecule has 0 aromatic rings. The molecule has 2 fully saturated rings. The fourth-order valence-corrected chi connectivity index (χ4v) is 4.15. The number of Topliss-reactive ketones (excluding diaryl/α,β-unsaturated/α-hetero) is 1. The Morgan fingerprint density at radius 3 is 2.05 bits per heavy atom. The number of hydrogen-bond donors (Lipinski definition) is 8. The molecule has 1 amide bonds. The number of aliphatic hydroxyl groups is 7. The summed E-state index contributed by atoms with van der Waals surface area (Å²) >= 11 is 0. The summed E-state index contributed by atoms with van der Waals surface area (Å²) in [7, 11) is 0. The molecule has 0 saturated carbocycles. The number of ketones is 1. The molecule has 0 radical (unpaired) electrons. The van der Waals surface area contributed by atoms with Crippen LogP contribution in [0.3, 0.4) is 0 Å². The van der Waals surface area contributed by atoms with Gasteiger partial charge in [-0.25, -0.2) is 0 Å². The van der Waals surface area contributed by atoms with Crippen LogP contribution in [0.25, 0.3) is 0 Å². The first-order chi connectivity index (χ1) is 17.6. The number of nitrogens with one attached hydrogen (secondary N) is 1. The Morgan fingerprint density at radius 1 is 0.784 bits per heavy atom. The number of carbonyl (C=O) groups excluding carboxylic acids is 2. The van der Waals surface area contributed by atoms with Crippen LogP contribution in [-0.2, 0) is 28.5 Å². The summed E-state index contributed by atoms with van der Waals surface area (Å²) in [6.07, 6.45) is -12.2. The van der Waals surface area contributed by atoms with Crippen molar-refractivity contribution in [3.63, 3.8) is 0 Å². The van der Waals surface area contributed by atoms with Crippen LogP contribution >= 0.6 is 0 Å². The molecule has 0 spiro atoms. The van der Waals surface area contributed by atoms with Crippen LogP contribution in [0.2, 0.25) is 0 Å². The quantitative estimate of drug-likeness (QED) is 0.0955. The SMILES string of the molecule is CCCC(=O)CCCCC(=O)NCCO[C@H]1O[C@H](CO)[C@@H](O)[C@H](O[C@H]2O[C@H](CO)[C@@H](O)[C@H](O)[C@@H]2O)[C@@H]1O. The van der Waals surface area contributed by atoms with Crippen molar-refractivity contribution >= 4 is 11.7 Å². The summed E-state index contributed by atoms with van der Waals surface area (Å²) in [4.78, 5) is 23.5. The van der Waals surface area contributed by atoms with E-state index in [0.29, 0.717) is 25.7 Å². The standard InChI is InChI=1S/C23H41NO13/c1-2-5-12(27)6-3-4-7-15(28)24-8-9-34-22-20(33)21(17(30)14(11-26)35-22)37-23-19(32)18(31)16(29)13(10-25)36-23/h13-14,16-23,25-26,29-33H,2-11H2,1H3,(H,24,28)/t13-,14-,16-,17-,18+,19+,20+,21+,22+,23-/m1/s1. The summed E-state index contributed by atoms with van der Waals surface area (Å²) < 4.78 is 21.6. The molecule has 0 bridgehead atoms. The van der Waals surface area contributed by atoms with Crippen molar-refractivity contribution in [1.29, 1.82) is 0 Å². The van der Waals surface area contributed by atoms with Gasteiger partial charge in [0.1, 0.15) is 54.6 Å². The molecule has 0 aromatic heterocycles. The third-order valence-corrected chi connectivity index (χ3v) is 6.31. The van der Waals surface area contributed by atoms with Crippen molar-refractivity contribution in [2.45, 2.75) is 107 Å². The van der Waals surface area contributed by atoms with Crippen molar-refractivity contribution in [3.05, 3.63) is 0 Å². The summed E-state index contributed by atoms with van der Waals surface area (Å²) in [6.45, 7) is 0.551. The van der Waals surface area contributed by atoms with E-state index in [1.807, 2.05) is 6.92 Å². The lowest BCUT2D eigenvalue weighted by Gasteiger charge is -2.45. The molecular formula is C23H41NO13.